The maximum atomic E-state index is 13.4. The normalized spacial score (nSPS) is 10.9. The second-order valence-electron chi connectivity index (χ2n) is 8.50. The van der Waals surface area contributed by atoms with Crippen LogP contribution in [0.1, 0.15) is 25.0 Å². The molecule has 0 aliphatic rings. The zero-order valence-corrected chi connectivity index (χ0v) is 19.7. The van der Waals surface area contributed by atoms with Crippen molar-refractivity contribution < 1.29 is 9.18 Å². The number of nitrogens with zero attached hydrogens (tertiary/aromatic N) is 4. The van der Waals surface area contributed by atoms with Crippen molar-refractivity contribution in [2.75, 3.05) is 13.6 Å². The zero-order chi connectivity index (χ0) is 24.6. The van der Waals surface area contributed by atoms with E-state index in [0.717, 1.165) is 48.2 Å². The van der Waals surface area contributed by atoms with E-state index < -0.39 is 0 Å². The highest BCUT2D eigenvalue weighted by molar-refractivity contribution is 5.75. The number of halogens is 1. The topological polar surface area (TPSA) is 83.9 Å². The summed E-state index contributed by atoms with van der Waals surface area (Å²) in [5, 5.41) is 11.6. The molecule has 4 aromatic rings. The van der Waals surface area contributed by atoms with Crippen LogP contribution in [0.15, 0.2) is 77.6 Å². The number of carbonyl (C=O) groups excluding carboxylic acids is 1. The predicted octanol–water partition coefficient (Wildman–Crippen LogP) is 4.31. The smallest absolute Gasteiger partial charge is 0.267 e. The largest absolute Gasteiger partial charge is 0.344 e. The fourth-order valence-electron chi connectivity index (χ4n) is 3.83. The maximum absolute atomic E-state index is 13.4. The van der Waals surface area contributed by atoms with Gasteiger partial charge in [0.05, 0.1) is 11.4 Å². The Morgan fingerprint density at radius 1 is 0.943 bits per heavy atom. The average Bonchev–Trinajstić information content (AvgIpc) is 3.34. The number of aromatic nitrogens is 4. The molecule has 1 N–H and O–H groups in total. The molecule has 0 saturated carbocycles. The summed E-state index contributed by atoms with van der Waals surface area (Å²) in [6.45, 7) is 0.510. The van der Waals surface area contributed by atoms with Crippen molar-refractivity contribution in [3.05, 3.63) is 94.7 Å². The molecule has 180 valence electrons. The van der Waals surface area contributed by atoms with Gasteiger partial charge < -0.3 is 4.90 Å². The summed E-state index contributed by atoms with van der Waals surface area (Å²) < 4.78 is 14.6. The third-order valence-corrected chi connectivity index (χ3v) is 5.84. The van der Waals surface area contributed by atoms with Gasteiger partial charge >= 0.3 is 0 Å². The minimum atomic E-state index is -0.302. The third kappa shape index (κ3) is 6.50. The Morgan fingerprint density at radius 2 is 1.74 bits per heavy atom. The van der Waals surface area contributed by atoms with Gasteiger partial charge in [0, 0.05) is 36.5 Å². The van der Waals surface area contributed by atoms with Crippen molar-refractivity contribution in [3.63, 3.8) is 0 Å². The fraction of sp³-hybridized carbons (Fsp3) is 0.259. The zero-order valence-electron chi connectivity index (χ0n) is 19.7. The lowest BCUT2D eigenvalue weighted by Gasteiger charge is -2.17. The van der Waals surface area contributed by atoms with Crippen LogP contribution in [0.3, 0.4) is 0 Å². The number of nitrogens with one attached hydrogen (secondary N) is 1. The van der Waals surface area contributed by atoms with Crippen molar-refractivity contribution in [1.82, 2.24) is 24.9 Å². The van der Waals surface area contributed by atoms with E-state index in [4.69, 9.17) is 0 Å². The van der Waals surface area contributed by atoms with Gasteiger partial charge in [-0.3, -0.25) is 14.7 Å². The number of rotatable bonds is 10. The van der Waals surface area contributed by atoms with Crippen molar-refractivity contribution in [2.24, 2.45) is 0 Å². The first-order valence-electron chi connectivity index (χ1n) is 11.7. The number of aromatic amines is 1. The number of amides is 1. The van der Waals surface area contributed by atoms with Gasteiger partial charge in [-0.2, -0.15) is 10.2 Å². The molecular weight excluding hydrogens is 445 g/mol. The summed E-state index contributed by atoms with van der Waals surface area (Å²) in [4.78, 5) is 26.5. The molecule has 0 radical (unpaired) electrons. The Hall–Kier alpha value is -4.07. The van der Waals surface area contributed by atoms with Gasteiger partial charge in [0.25, 0.3) is 5.56 Å². The van der Waals surface area contributed by atoms with Crippen LogP contribution in [0.2, 0.25) is 0 Å². The van der Waals surface area contributed by atoms with Crippen molar-refractivity contribution in [1.29, 1.82) is 0 Å². The molecule has 7 nitrogen and oxygen atoms in total. The lowest BCUT2D eigenvalue weighted by atomic mass is 10.1. The molecule has 0 saturated heterocycles. The Balaban J connectivity index is 1.22. The number of carbonyl (C=O) groups is 1. The van der Waals surface area contributed by atoms with Gasteiger partial charge in [0.15, 0.2) is 0 Å². The third-order valence-electron chi connectivity index (χ3n) is 5.84. The number of hydrogen-bond donors (Lipinski definition) is 1. The summed E-state index contributed by atoms with van der Waals surface area (Å²) in [6.07, 6.45) is 3.55. The standard InChI is InChI=1S/C27H28FN5O2/c1-32(27(35)19-33-26(34)15-14-24(31-33)20-9-4-2-5-10-20)16-7-3-6-13-23-18-25(30-29-23)21-11-8-12-22(28)17-21/h2,4-5,8-12,14-15,17-18H,3,6-7,13,16,19H2,1H3,(H,29,30). The van der Waals surface area contributed by atoms with E-state index in [1.165, 1.54) is 22.9 Å². The lowest BCUT2D eigenvalue weighted by molar-refractivity contribution is -0.130. The van der Waals surface area contributed by atoms with Gasteiger partial charge in [-0.05, 0) is 43.5 Å². The molecule has 8 heteroatoms. The van der Waals surface area contributed by atoms with Gasteiger partial charge in [-0.15, -0.1) is 0 Å². The highest BCUT2D eigenvalue weighted by Gasteiger charge is 2.12. The molecule has 2 heterocycles. The summed E-state index contributed by atoms with van der Waals surface area (Å²) >= 11 is 0. The Bertz CT molecular complexity index is 1330. The fourth-order valence-corrected chi connectivity index (χ4v) is 3.83. The van der Waals surface area contributed by atoms with Crippen molar-refractivity contribution >= 4 is 5.91 Å². The molecule has 0 fully saturated rings. The van der Waals surface area contributed by atoms with Gasteiger partial charge in [-0.1, -0.05) is 48.9 Å². The molecule has 0 aliphatic heterocycles. The van der Waals surface area contributed by atoms with E-state index in [0.29, 0.717) is 12.2 Å². The van der Waals surface area contributed by atoms with E-state index in [1.807, 2.05) is 42.5 Å². The predicted molar refractivity (Wildman–Crippen MR) is 133 cm³/mol. The van der Waals surface area contributed by atoms with Crippen LogP contribution in [0, 0.1) is 5.82 Å². The van der Waals surface area contributed by atoms with E-state index in [9.17, 15) is 14.0 Å². The minimum absolute atomic E-state index is 0.0903. The average molecular weight is 474 g/mol. The number of benzene rings is 2. The SMILES string of the molecule is CN(CCCCCc1cc(-c2cccc(F)c2)n[nH]1)C(=O)Cn1nc(-c2ccccc2)ccc1=O. The van der Waals surface area contributed by atoms with Gasteiger partial charge in [-0.25, -0.2) is 9.07 Å². The Morgan fingerprint density at radius 3 is 2.54 bits per heavy atom. The quantitative estimate of drug-likeness (QED) is 0.348. The molecule has 0 aliphatic carbocycles. The second kappa shape index (κ2) is 11.4. The van der Waals surface area contributed by atoms with Crippen LogP contribution in [-0.2, 0) is 17.8 Å². The number of likely N-dealkylation sites (N-methyl/N-ethyl adjacent to an activating group) is 1. The van der Waals surface area contributed by atoms with E-state index in [2.05, 4.69) is 15.3 Å². The monoisotopic (exact) mass is 473 g/mol. The first-order chi connectivity index (χ1) is 17.0. The summed E-state index contributed by atoms with van der Waals surface area (Å²) in [5.41, 5.74) is 3.71. The minimum Gasteiger partial charge on any atom is -0.344 e. The highest BCUT2D eigenvalue weighted by Crippen LogP contribution is 2.19. The summed E-state index contributed by atoms with van der Waals surface area (Å²) in [6, 6.07) is 21.0. The number of H-pyrrole nitrogens is 1. The molecule has 0 spiro atoms. The van der Waals surface area contributed by atoms with Crippen LogP contribution in [0.5, 0.6) is 0 Å². The molecule has 1 amide bonds. The molecule has 2 aromatic heterocycles. The van der Waals surface area contributed by atoms with Crippen LogP contribution >= 0.6 is 0 Å². The van der Waals surface area contributed by atoms with Crippen LogP contribution in [0.4, 0.5) is 4.39 Å². The molecular formula is C27H28FN5O2. The highest BCUT2D eigenvalue weighted by atomic mass is 19.1. The molecule has 0 atom stereocenters. The van der Waals surface area contributed by atoms with Crippen LogP contribution in [0.25, 0.3) is 22.5 Å². The number of hydrogen-bond acceptors (Lipinski definition) is 4. The first-order valence-corrected chi connectivity index (χ1v) is 11.7. The van der Waals surface area contributed by atoms with Gasteiger partial charge in [0.2, 0.25) is 5.91 Å². The lowest BCUT2D eigenvalue weighted by Crippen LogP contribution is -2.35. The van der Waals surface area contributed by atoms with Crippen LogP contribution < -0.4 is 5.56 Å². The Kier molecular flexibility index (Phi) is 7.82. The number of aryl methyl sites for hydroxylation is 1. The molecule has 0 bridgehead atoms. The number of unbranched alkanes of at least 4 members (excludes halogenated alkanes) is 2. The van der Waals surface area contributed by atoms with Crippen LogP contribution in [-0.4, -0.2) is 44.4 Å². The van der Waals surface area contributed by atoms with E-state index in [1.54, 1.807) is 24.1 Å². The van der Waals surface area contributed by atoms with E-state index in [-0.39, 0.29) is 23.8 Å². The molecule has 4 rings (SSSR count). The molecule has 0 unspecified atom stereocenters. The van der Waals surface area contributed by atoms with Crippen molar-refractivity contribution in [2.45, 2.75) is 32.2 Å². The second-order valence-corrected chi connectivity index (χ2v) is 8.50. The molecule has 2 aromatic carbocycles. The maximum Gasteiger partial charge on any atom is 0.267 e. The molecule has 35 heavy (non-hydrogen) atoms. The Labute approximate surface area is 203 Å². The van der Waals surface area contributed by atoms with E-state index >= 15 is 0 Å². The summed E-state index contributed by atoms with van der Waals surface area (Å²) in [5.74, 6) is -0.437. The first kappa shape index (κ1) is 24.1. The van der Waals surface area contributed by atoms with Crippen molar-refractivity contribution in [3.8, 4) is 22.5 Å². The summed E-state index contributed by atoms with van der Waals surface area (Å²) in [7, 11) is 1.74. The van der Waals surface area contributed by atoms with Gasteiger partial charge in [0.1, 0.15) is 12.4 Å².